The highest BCUT2D eigenvalue weighted by atomic mass is 32.2. The van der Waals surface area contributed by atoms with Crippen LogP contribution in [0, 0.1) is 26.7 Å². The van der Waals surface area contributed by atoms with E-state index in [9.17, 15) is 42.3 Å². The molecule has 0 fully saturated rings. The second-order valence-electron chi connectivity index (χ2n) is 17.6. The summed E-state index contributed by atoms with van der Waals surface area (Å²) in [4.78, 5) is 84.0. The number of carboxylic acid groups (broad SMARTS) is 1. The molecule has 20 heteroatoms. The third-order valence-corrected chi connectivity index (χ3v) is 12.9. The number of rotatable bonds is 22. The molecule has 0 saturated carbocycles. The molecule has 0 bridgehead atoms. The molecule has 4 rings (SSSR count). The second-order valence-corrected chi connectivity index (χ2v) is 19.2. The van der Waals surface area contributed by atoms with E-state index in [1.165, 1.54) is 11.9 Å². The largest absolute Gasteiger partial charge is 0.487 e. The lowest BCUT2D eigenvalue weighted by atomic mass is 9.93. The highest BCUT2D eigenvalue weighted by Crippen LogP contribution is 2.43. The van der Waals surface area contributed by atoms with Crippen molar-refractivity contribution in [3.05, 3.63) is 94.0 Å². The number of esters is 1. The van der Waals surface area contributed by atoms with E-state index in [1.54, 1.807) is 58.0 Å². The van der Waals surface area contributed by atoms with Crippen molar-refractivity contribution in [1.29, 1.82) is 0 Å². The van der Waals surface area contributed by atoms with Crippen molar-refractivity contribution in [1.82, 2.24) is 25.6 Å². The number of benzene rings is 3. The summed E-state index contributed by atoms with van der Waals surface area (Å²) in [5.41, 5.74) is 16.1. The van der Waals surface area contributed by atoms with E-state index in [0.717, 1.165) is 16.7 Å². The van der Waals surface area contributed by atoms with E-state index < -0.39 is 100 Å². The molecule has 0 unspecified atom stereocenters. The SMILES string of the molecule is Cc1c(C)c(S(=O)(=O)NC(N)=NCCC[C@H](NC(=O)[C@H](C(C)C)N(C)C(=O)[C@H](N)Cc2ccccc2)C(=O)NCC(=O)N[C@@H](CC(=O)OCc2ccccc2)C(=O)O)c(C)c2c1CC(C)(C)O2. The highest BCUT2D eigenvalue weighted by Gasteiger charge is 2.38. The average Bonchev–Trinajstić information content (AvgIpc) is 3.60. The molecular weight excluding hydrogens is 885 g/mol. The number of likely N-dealkylation sites (N-methyl/N-ethyl adjacent to an activating group) is 1. The van der Waals surface area contributed by atoms with E-state index in [2.05, 4.69) is 25.7 Å². The molecule has 1 heterocycles. The first-order chi connectivity index (χ1) is 31.4. The molecule has 1 aliphatic rings. The van der Waals surface area contributed by atoms with Crippen LogP contribution in [0.2, 0.25) is 0 Å². The summed E-state index contributed by atoms with van der Waals surface area (Å²) in [6, 6.07) is 12.7. The molecule has 4 atom stereocenters. The van der Waals surface area contributed by atoms with Gasteiger partial charge in [-0.1, -0.05) is 74.5 Å². The number of hydrogen-bond acceptors (Lipinski definition) is 12. The van der Waals surface area contributed by atoms with E-state index in [1.807, 2.05) is 51.1 Å². The number of nitrogens with zero attached hydrogens (tertiary/aromatic N) is 2. The lowest BCUT2D eigenvalue weighted by Crippen LogP contribution is -2.58. The van der Waals surface area contributed by atoms with Crippen LogP contribution in [0.3, 0.4) is 0 Å². The first kappa shape index (κ1) is 53.1. The van der Waals surface area contributed by atoms with Gasteiger partial charge in [-0.2, -0.15) is 0 Å². The van der Waals surface area contributed by atoms with Gasteiger partial charge in [0.2, 0.25) is 29.6 Å². The molecule has 67 heavy (non-hydrogen) atoms. The van der Waals surface area contributed by atoms with Gasteiger partial charge >= 0.3 is 11.9 Å². The molecular formula is C47H64N8O11S. The molecule has 3 aromatic carbocycles. The van der Waals surface area contributed by atoms with Crippen LogP contribution in [0.1, 0.15) is 80.3 Å². The van der Waals surface area contributed by atoms with Gasteiger partial charge in [0.15, 0.2) is 0 Å². The maximum Gasteiger partial charge on any atom is 0.326 e. The number of aliphatic carboxylic acids is 1. The van der Waals surface area contributed by atoms with Crippen molar-refractivity contribution in [2.45, 2.75) is 122 Å². The van der Waals surface area contributed by atoms with Gasteiger partial charge in [-0.15, -0.1) is 0 Å². The number of ether oxygens (including phenoxy) is 2. The lowest BCUT2D eigenvalue weighted by Gasteiger charge is -2.33. The first-order valence-electron chi connectivity index (χ1n) is 21.9. The number of hydrogen-bond donors (Lipinski definition) is 7. The Bertz CT molecular complexity index is 2430. The zero-order valence-electron chi connectivity index (χ0n) is 39.3. The molecule has 0 saturated heterocycles. The van der Waals surface area contributed by atoms with Gasteiger partial charge in [-0.3, -0.25) is 29.0 Å². The predicted molar refractivity (Wildman–Crippen MR) is 250 cm³/mol. The quantitative estimate of drug-likeness (QED) is 0.0329. The zero-order valence-corrected chi connectivity index (χ0v) is 40.1. The van der Waals surface area contributed by atoms with Crippen molar-refractivity contribution >= 4 is 51.6 Å². The van der Waals surface area contributed by atoms with E-state index >= 15 is 0 Å². The van der Waals surface area contributed by atoms with Crippen LogP contribution in [0.5, 0.6) is 5.75 Å². The minimum Gasteiger partial charge on any atom is -0.487 e. The van der Waals surface area contributed by atoms with Crippen LogP contribution in [-0.4, -0.2) is 110 Å². The molecule has 0 radical (unpaired) electrons. The van der Waals surface area contributed by atoms with Crippen LogP contribution in [0.25, 0.3) is 0 Å². The Labute approximate surface area is 391 Å². The molecule has 1 aliphatic heterocycles. The fraction of sp³-hybridized carbons (Fsp3) is 0.468. The van der Waals surface area contributed by atoms with Crippen LogP contribution >= 0.6 is 0 Å². The van der Waals surface area contributed by atoms with E-state index in [0.29, 0.717) is 28.9 Å². The summed E-state index contributed by atoms with van der Waals surface area (Å²) >= 11 is 0. The minimum absolute atomic E-state index is 0.0185. The molecule has 19 nitrogen and oxygen atoms in total. The highest BCUT2D eigenvalue weighted by molar-refractivity contribution is 7.90. The number of aliphatic imine (C=N–C) groups is 1. The number of guanidine groups is 1. The third-order valence-electron chi connectivity index (χ3n) is 11.3. The predicted octanol–water partition coefficient (Wildman–Crippen LogP) is 2.06. The number of carbonyl (C=O) groups is 6. The molecule has 4 amide bonds. The van der Waals surface area contributed by atoms with Gasteiger partial charge in [0, 0.05) is 31.1 Å². The van der Waals surface area contributed by atoms with Gasteiger partial charge in [-0.25, -0.2) is 17.9 Å². The van der Waals surface area contributed by atoms with Gasteiger partial charge in [0.05, 0.1) is 23.9 Å². The fourth-order valence-corrected chi connectivity index (χ4v) is 9.39. The Morgan fingerprint density at radius 1 is 0.896 bits per heavy atom. The number of fused-ring (bicyclic) bond motifs is 1. The Hall–Kier alpha value is -6.54. The van der Waals surface area contributed by atoms with Crippen molar-refractivity contribution in [3.63, 3.8) is 0 Å². The summed E-state index contributed by atoms with van der Waals surface area (Å²) in [5.74, 6) is -5.81. The number of sulfonamides is 1. The maximum absolute atomic E-state index is 14.0. The van der Waals surface area contributed by atoms with Crippen molar-refractivity contribution in [3.8, 4) is 5.75 Å². The summed E-state index contributed by atoms with van der Waals surface area (Å²) in [7, 11) is -2.80. The van der Waals surface area contributed by atoms with Gasteiger partial charge < -0.3 is 46.9 Å². The molecule has 9 N–H and O–H groups in total. The summed E-state index contributed by atoms with van der Waals surface area (Å²) < 4.78 is 41.0. The fourth-order valence-electron chi connectivity index (χ4n) is 7.89. The lowest BCUT2D eigenvalue weighted by molar-refractivity contribution is -0.151. The van der Waals surface area contributed by atoms with Gasteiger partial charge in [0.25, 0.3) is 10.0 Å². The van der Waals surface area contributed by atoms with Gasteiger partial charge in [-0.05, 0) is 82.1 Å². The summed E-state index contributed by atoms with van der Waals surface area (Å²) in [6.45, 7) is 11.5. The normalized spacial score (nSPS) is 14.9. The monoisotopic (exact) mass is 948 g/mol. The molecule has 0 aromatic heterocycles. The number of nitrogens with two attached hydrogens (primary N) is 2. The smallest absolute Gasteiger partial charge is 0.326 e. The molecule has 0 aliphatic carbocycles. The third kappa shape index (κ3) is 14.7. The van der Waals surface area contributed by atoms with Crippen LogP contribution in [-0.2, 0) is 63.0 Å². The topological polar surface area (TPSA) is 291 Å². The average molecular weight is 949 g/mol. The summed E-state index contributed by atoms with van der Waals surface area (Å²) in [6.07, 6.45) is 0.0755. The van der Waals surface area contributed by atoms with Gasteiger partial charge in [0.1, 0.15) is 36.1 Å². The van der Waals surface area contributed by atoms with E-state index in [-0.39, 0.29) is 37.3 Å². The Morgan fingerprint density at radius 3 is 2.10 bits per heavy atom. The number of carboxylic acids is 1. The van der Waals surface area contributed by atoms with E-state index in [4.69, 9.17) is 20.9 Å². The Balaban J connectivity index is 1.46. The van der Waals surface area contributed by atoms with Crippen molar-refractivity contribution in [2.75, 3.05) is 20.1 Å². The number of carbonyl (C=O) groups excluding carboxylic acids is 5. The first-order valence-corrected chi connectivity index (χ1v) is 23.4. The second kappa shape index (κ2) is 23.3. The van der Waals surface area contributed by atoms with Crippen LogP contribution in [0.4, 0.5) is 0 Å². The van der Waals surface area contributed by atoms with Crippen LogP contribution < -0.4 is 36.9 Å². The van der Waals surface area contributed by atoms with Crippen LogP contribution in [0.15, 0.2) is 70.6 Å². The zero-order chi connectivity index (χ0) is 49.8. The minimum atomic E-state index is -4.24. The number of amides is 4. The Morgan fingerprint density at radius 2 is 1.51 bits per heavy atom. The van der Waals surface area contributed by atoms with Crippen molar-refractivity contribution in [2.24, 2.45) is 22.4 Å². The Kier molecular flexibility index (Phi) is 18.4. The molecule has 0 spiro atoms. The number of nitrogens with one attached hydrogen (secondary N) is 4. The maximum atomic E-state index is 14.0. The standard InChI is InChI=1S/C47H64N8O11S/c1-27(2)39(55(8)44(60)34(48)22-31-16-11-9-12-17-31)43(59)53-35(42(58)51-25-37(56)52-36(45(61)62)23-38(57)65-26-32-18-13-10-14-19-32)20-15-21-50-46(49)54-67(63,64)41-29(4)28(3)33-24-47(6,7)66-40(33)30(41)5/h9-14,16-19,27,34-36,39H,15,20-26,48H2,1-8H3,(H,51,58)(H,52,56)(H,53,59)(H,61,62)(H3,49,50,54)/t34-,35+,36+,39+/m1/s1. The molecule has 364 valence electrons. The van der Waals surface area contributed by atoms with Crippen molar-refractivity contribution < 1.29 is 51.8 Å². The summed E-state index contributed by atoms with van der Waals surface area (Å²) in [5, 5.41) is 17.0. The molecule has 3 aromatic rings.